The van der Waals surface area contributed by atoms with Crippen LogP contribution in [-0.4, -0.2) is 17.1 Å². The summed E-state index contributed by atoms with van der Waals surface area (Å²) in [5.74, 6) is 0.402. The molecule has 0 radical (unpaired) electrons. The molecule has 2 rings (SSSR count). The van der Waals surface area contributed by atoms with E-state index in [-0.39, 0.29) is 17.5 Å². The minimum Gasteiger partial charge on any atom is -0.481 e. The van der Waals surface area contributed by atoms with E-state index in [0.717, 1.165) is 12.1 Å². The molecular weight excluding hydrogens is 261 g/mol. The molecule has 1 aromatic carbocycles. The summed E-state index contributed by atoms with van der Waals surface area (Å²) in [5.41, 5.74) is -0.786. The van der Waals surface area contributed by atoms with E-state index in [0.29, 0.717) is 0 Å². The first-order chi connectivity index (χ1) is 8.99. The van der Waals surface area contributed by atoms with Gasteiger partial charge in [0.05, 0.1) is 18.7 Å². The van der Waals surface area contributed by atoms with E-state index < -0.39 is 11.7 Å². The third-order valence-corrected chi connectivity index (χ3v) is 2.21. The van der Waals surface area contributed by atoms with Gasteiger partial charge in [0.15, 0.2) is 0 Å². The van der Waals surface area contributed by atoms with Crippen molar-refractivity contribution in [3.8, 4) is 17.5 Å². The van der Waals surface area contributed by atoms with Crippen molar-refractivity contribution in [3.63, 3.8) is 0 Å². The first-order valence-electron chi connectivity index (χ1n) is 5.20. The fraction of sp³-hybridized carbons (Fsp3) is 0.167. The van der Waals surface area contributed by atoms with Gasteiger partial charge in [-0.15, -0.1) is 0 Å². The van der Waals surface area contributed by atoms with Gasteiger partial charge in [-0.3, -0.25) is 0 Å². The van der Waals surface area contributed by atoms with Gasteiger partial charge in [0.2, 0.25) is 11.8 Å². The number of hydrogen-bond donors (Lipinski definition) is 0. The van der Waals surface area contributed by atoms with Crippen molar-refractivity contribution in [1.29, 1.82) is 0 Å². The standard InChI is InChI=1S/C12H9F3N2O2/c1-18-10-6-11(17-7-16-10)19-9-4-2-3-8(5-9)12(13,14)15/h2-7H,1H3. The lowest BCUT2D eigenvalue weighted by molar-refractivity contribution is -0.137. The smallest absolute Gasteiger partial charge is 0.416 e. The van der Waals surface area contributed by atoms with Crippen molar-refractivity contribution < 1.29 is 22.6 Å². The van der Waals surface area contributed by atoms with Crippen LogP contribution in [0, 0.1) is 0 Å². The Hall–Kier alpha value is -2.31. The molecule has 7 heteroatoms. The molecule has 0 N–H and O–H groups in total. The number of ether oxygens (including phenoxy) is 2. The molecule has 0 amide bonds. The number of benzene rings is 1. The summed E-state index contributed by atoms with van der Waals surface area (Å²) < 4.78 is 47.7. The van der Waals surface area contributed by atoms with Crippen molar-refractivity contribution in [2.24, 2.45) is 0 Å². The van der Waals surface area contributed by atoms with Crippen LogP contribution in [-0.2, 0) is 6.18 Å². The number of alkyl halides is 3. The van der Waals surface area contributed by atoms with Gasteiger partial charge in [-0.25, -0.2) is 9.97 Å². The lowest BCUT2D eigenvalue weighted by atomic mass is 10.2. The third-order valence-electron chi connectivity index (χ3n) is 2.21. The van der Waals surface area contributed by atoms with E-state index in [1.807, 2.05) is 0 Å². The van der Waals surface area contributed by atoms with Gasteiger partial charge in [0, 0.05) is 0 Å². The molecule has 0 bridgehead atoms. The molecule has 0 aliphatic carbocycles. The zero-order valence-electron chi connectivity index (χ0n) is 9.81. The Bertz CT molecular complexity index is 573. The highest BCUT2D eigenvalue weighted by atomic mass is 19.4. The van der Waals surface area contributed by atoms with E-state index in [9.17, 15) is 13.2 Å². The normalized spacial score (nSPS) is 11.2. The fourth-order valence-electron chi connectivity index (χ4n) is 1.35. The Labute approximate surface area is 106 Å². The molecule has 0 aliphatic heterocycles. The van der Waals surface area contributed by atoms with Crippen LogP contribution in [0.5, 0.6) is 17.5 Å². The summed E-state index contributed by atoms with van der Waals surface area (Å²) in [6.07, 6.45) is -3.22. The molecule has 0 saturated carbocycles. The third kappa shape index (κ3) is 3.34. The molecule has 0 spiro atoms. The molecule has 0 fully saturated rings. The van der Waals surface area contributed by atoms with Crippen molar-refractivity contribution in [3.05, 3.63) is 42.2 Å². The molecule has 1 aromatic heterocycles. The molecule has 1 heterocycles. The van der Waals surface area contributed by atoms with Crippen LogP contribution in [0.25, 0.3) is 0 Å². The summed E-state index contributed by atoms with van der Waals surface area (Å²) in [4.78, 5) is 7.54. The summed E-state index contributed by atoms with van der Waals surface area (Å²) in [7, 11) is 1.41. The molecule has 4 nitrogen and oxygen atoms in total. The predicted octanol–water partition coefficient (Wildman–Crippen LogP) is 3.30. The molecule has 0 saturated heterocycles. The molecule has 100 valence electrons. The highest BCUT2D eigenvalue weighted by molar-refractivity contribution is 5.33. The quantitative estimate of drug-likeness (QED) is 0.858. The van der Waals surface area contributed by atoms with Crippen molar-refractivity contribution in [1.82, 2.24) is 9.97 Å². The molecule has 19 heavy (non-hydrogen) atoms. The summed E-state index contributed by atoms with van der Waals surface area (Å²) in [6.45, 7) is 0. The second kappa shape index (κ2) is 5.13. The average Bonchev–Trinajstić information content (AvgIpc) is 2.38. The molecular formula is C12H9F3N2O2. The monoisotopic (exact) mass is 270 g/mol. The van der Waals surface area contributed by atoms with E-state index in [1.54, 1.807) is 0 Å². The number of nitrogens with zero attached hydrogens (tertiary/aromatic N) is 2. The topological polar surface area (TPSA) is 44.2 Å². The summed E-state index contributed by atoms with van der Waals surface area (Å²) in [6, 6.07) is 5.91. The number of halogens is 3. The number of rotatable bonds is 3. The maximum atomic E-state index is 12.5. The van der Waals surface area contributed by atoms with Gasteiger partial charge in [-0.2, -0.15) is 13.2 Å². The van der Waals surface area contributed by atoms with E-state index >= 15 is 0 Å². The molecule has 0 atom stereocenters. The van der Waals surface area contributed by atoms with Crippen LogP contribution in [0.3, 0.4) is 0 Å². The van der Waals surface area contributed by atoms with E-state index in [1.165, 1.54) is 31.6 Å². The van der Waals surface area contributed by atoms with Gasteiger partial charge in [0.1, 0.15) is 12.1 Å². The van der Waals surface area contributed by atoms with Gasteiger partial charge in [-0.05, 0) is 18.2 Å². The zero-order chi connectivity index (χ0) is 13.9. The van der Waals surface area contributed by atoms with Crippen LogP contribution in [0.2, 0.25) is 0 Å². The highest BCUT2D eigenvalue weighted by Gasteiger charge is 2.30. The summed E-state index contributed by atoms with van der Waals surface area (Å²) in [5, 5.41) is 0. The molecule has 2 aromatic rings. The minimum atomic E-state index is -4.41. The second-order valence-corrected chi connectivity index (χ2v) is 3.53. The summed E-state index contributed by atoms with van der Waals surface area (Å²) >= 11 is 0. The van der Waals surface area contributed by atoms with Crippen LogP contribution in [0.15, 0.2) is 36.7 Å². The fourth-order valence-corrected chi connectivity index (χ4v) is 1.35. The SMILES string of the molecule is COc1cc(Oc2cccc(C(F)(F)F)c2)ncn1. The van der Waals surface area contributed by atoms with Crippen LogP contribution < -0.4 is 9.47 Å². The van der Waals surface area contributed by atoms with Crippen LogP contribution >= 0.6 is 0 Å². The second-order valence-electron chi connectivity index (χ2n) is 3.53. The van der Waals surface area contributed by atoms with Gasteiger partial charge in [0.25, 0.3) is 0 Å². The lowest BCUT2D eigenvalue weighted by Crippen LogP contribution is -2.04. The maximum absolute atomic E-state index is 12.5. The Morgan fingerprint density at radius 3 is 2.47 bits per heavy atom. The zero-order valence-corrected chi connectivity index (χ0v) is 9.81. The molecule has 0 unspecified atom stereocenters. The average molecular weight is 270 g/mol. The largest absolute Gasteiger partial charge is 0.481 e. The first kappa shape index (κ1) is 13.1. The lowest BCUT2D eigenvalue weighted by Gasteiger charge is -2.09. The molecule has 0 aliphatic rings. The van der Waals surface area contributed by atoms with E-state index in [4.69, 9.17) is 9.47 Å². The minimum absolute atomic E-state index is 0.0376. The van der Waals surface area contributed by atoms with Gasteiger partial charge < -0.3 is 9.47 Å². The van der Waals surface area contributed by atoms with E-state index in [2.05, 4.69) is 9.97 Å². The highest BCUT2D eigenvalue weighted by Crippen LogP contribution is 2.32. The Morgan fingerprint density at radius 1 is 1.05 bits per heavy atom. The number of hydrogen-bond acceptors (Lipinski definition) is 4. The van der Waals surface area contributed by atoms with Gasteiger partial charge >= 0.3 is 6.18 Å². The Morgan fingerprint density at radius 2 is 1.79 bits per heavy atom. The van der Waals surface area contributed by atoms with Crippen molar-refractivity contribution in [2.45, 2.75) is 6.18 Å². The van der Waals surface area contributed by atoms with Gasteiger partial charge in [-0.1, -0.05) is 6.07 Å². The predicted molar refractivity (Wildman–Crippen MR) is 60.1 cm³/mol. The number of aromatic nitrogens is 2. The Balaban J connectivity index is 2.23. The van der Waals surface area contributed by atoms with Crippen LogP contribution in [0.1, 0.15) is 5.56 Å². The Kier molecular flexibility index (Phi) is 3.55. The van der Waals surface area contributed by atoms with Crippen molar-refractivity contribution >= 4 is 0 Å². The maximum Gasteiger partial charge on any atom is 0.416 e. The first-order valence-corrected chi connectivity index (χ1v) is 5.20. The number of methoxy groups -OCH3 is 1. The van der Waals surface area contributed by atoms with Crippen molar-refractivity contribution in [2.75, 3.05) is 7.11 Å². The van der Waals surface area contributed by atoms with Crippen LogP contribution in [0.4, 0.5) is 13.2 Å².